The van der Waals surface area contributed by atoms with Crippen molar-refractivity contribution in [3.8, 4) is 5.75 Å². The molecular weight excluding hydrogens is 606 g/mol. The summed E-state index contributed by atoms with van der Waals surface area (Å²) in [5.74, 6) is -0.984. The zero-order valence-corrected chi connectivity index (χ0v) is 29.0. The van der Waals surface area contributed by atoms with Crippen LogP contribution in [0.2, 0.25) is 0 Å². The van der Waals surface area contributed by atoms with Crippen molar-refractivity contribution in [2.24, 2.45) is 10.2 Å². The van der Waals surface area contributed by atoms with Crippen molar-refractivity contribution in [2.75, 3.05) is 10.6 Å². The van der Waals surface area contributed by atoms with Crippen molar-refractivity contribution < 1.29 is 35.8 Å². The van der Waals surface area contributed by atoms with Crippen molar-refractivity contribution in [1.82, 2.24) is 0 Å². The van der Waals surface area contributed by atoms with Crippen molar-refractivity contribution >= 4 is 124 Å². The van der Waals surface area contributed by atoms with Gasteiger partial charge in [0.05, 0.1) is 16.0 Å². The van der Waals surface area contributed by atoms with Crippen LogP contribution >= 0.6 is 0 Å². The molecule has 0 unspecified atom stereocenters. The fraction of sp³-hybridized carbons (Fsp3) is 0.115. The molecule has 0 spiro atoms. The standard InChI is InChI=1S/C26H24N4O8S2.2Na/c1-14-5-4-6-15(2)25(14)28-20-9-7-17-11-19(39(33,34)35)13-22(32)24(17)26(20)30-29-21-12-18(27-16(3)31)8-10-23(21)40(36,37)38;;/h4-13,28,32H,1-3H3,(H,27,31)(H,33,34,35)(H,36,37,38);;. The molecular formula is C26H24N4Na2O8S2. The van der Waals surface area contributed by atoms with E-state index in [1.165, 1.54) is 25.1 Å². The molecule has 0 heterocycles. The Bertz CT molecular complexity index is 1910. The van der Waals surface area contributed by atoms with E-state index in [4.69, 9.17) is 0 Å². The first-order valence-corrected chi connectivity index (χ1v) is 14.4. The predicted octanol–water partition coefficient (Wildman–Crippen LogP) is 5.01. The van der Waals surface area contributed by atoms with Gasteiger partial charge in [-0.05, 0) is 60.7 Å². The van der Waals surface area contributed by atoms with Crippen LogP contribution in [0.4, 0.5) is 28.4 Å². The second-order valence-corrected chi connectivity index (χ2v) is 11.7. The number of phenols is 1. The summed E-state index contributed by atoms with van der Waals surface area (Å²) in [5, 5.41) is 25.0. The summed E-state index contributed by atoms with van der Waals surface area (Å²) in [7, 11) is -9.40. The predicted molar refractivity (Wildman–Crippen MR) is 161 cm³/mol. The number of hydrogen-bond acceptors (Lipinski definition) is 9. The van der Waals surface area contributed by atoms with Crippen LogP contribution in [0.25, 0.3) is 10.8 Å². The van der Waals surface area contributed by atoms with Crippen molar-refractivity contribution in [2.45, 2.75) is 30.6 Å². The molecule has 4 aromatic carbocycles. The molecule has 2 radical (unpaired) electrons. The van der Waals surface area contributed by atoms with Gasteiger partial charge in [-0.25, -0.2) is 0 Å². The Morgan fingerprint density at radius 2 is 1.48 bits per heavy atom. The maximum absolute atomic E-state index is 12.0. The molecule has 0 aromatic heterocycles. The number of benzene rings is 4. The van der Waals surface area contributed by atoms with Gasteiger partial charge in [0.25, 0.3) is 20.2 Å². The molecule has 12 nitrogen and oxygen atoms in total. The smallest absolute Gasteiger partial charge is 0.296 e. The van der Waals surface area contributed by atoms with E-state index in [2.05, 4.69) is 20.9 Å². The minimum atomic E-state index is -4.75. The van der Waals surface area contributed by atoms with Gasteiger partial charge >= 0.3 is 0 Å². The van der Waals surface area contributed by atoms with Gasteiger partial charge in [0.1, 0.15) is 22.0 Å². The molecule has 0 aliphatic carbocycles. The molecule has 16 heteroatoms. The number of carbonyl (C=O) groups is 1. The summed E-state index contributed by atoms with van der Waals surface area (Å²) in [4.78, 5) is 10.4. The van der Waals surface area contributed by atoms with Crippen LogP contribution in [-0.4, -0.2) is 96.1 Å². The number of azo groups is 1. The quantitative estimate of drug-likeness (QED) is 0.106. The Hall–Kier alpha value is -2.37. The van der Waals surface area contributed by atoms with E-state index in [0.29, 0.717) is 5.69 Å². The second kappa shape index (κ2) is 13.9. The molecule has 4 aromatic rings. The minimum absolute atomic E-state index is 0. The summed E-state index contributed by atoms with van der Waals surface area (Å²) in [6.45, 7) is 5.00. The number of hydrogen-bond donors (Lipinski definition) is 5. The molecule has 210 valence electrons. The van der Waals surface area contributed by atoms with E-state index < -0.39 is 41.7 Å². The molecule has 0 atom stereocenters. The monoisotopic (exact) mass is 630 g/mol. The van der Waals surface area contributed by atoms with Crippen molar-refractivity contribution in [1.29, 1.82) is 0 Å². The van der Waals surface area contributed by atoms with Crippen molar-refractivity contribution in [3.05, 3.63) is 71.8 Å². The number of phenolic OH excluding ortho intramolecular Hbond substituents is 1. The summed E-state index contributed by atoms with van der Waals surface area (Å²) in [5.41, 5.74) is 2.65. The summed E-state index contributed by atoms with van der Waals surface area (Å²) < 4.78 is 66.7. The summed E-state index contributed by atoms with van der Waals surface area (Å²) in [6, 6.07) is 14.1. The molecule has 0 aliphatic rings. The molecule has 4 rings (SSSR count). The maximum Gasteiger partial charge on any atom is 0.296 e. The van der Waals surface area contributed by atoms with Crippen LogP contribution in [0, 0.1) is 13.8 Å². The van der Waals surface area contributed by atoms with Gasteiger partial charge in [-0.1, -0.05) is 24.3 Å². The molecule has 42 heavy (non-hydrogen) atoms. The first-order chi connectivity index (χ1) is 18.6. The molecule has 0 saturated carbocycles. The number of aryl methyl sites for hydroxylation is 2. The third-order valence-corrected chi connectivity index (χ3v) is 7.63. The Labute approximate surface area is 286 Å². The van der Waals surface area contributed by atoms with Gasteiger partial charge in [0.15, 0.2) is 0 Å². The summed E-state index contributed by atoms with van der Waals surface area (Å²) >= 11 is 0. The van der Waals surface area contributed by atoms with Gasteiger partial charge in [0.2, 0.25) is 5.91 Å². The fourth-order valence-electron chi connectivity index (χ4n) is 4.10. The van der Waals surface area contributed by atoms with Gasteiger partial charge < -0.3 is 15.7 Å². The first kappa shape index (κ1) is 35.8. The third-order valence-electron chi connectivity index (χ3n) is 5.90. The van der Waals surface area contributed by atoms with Crippen LogP contribution in [0.3, 0.4) is 0 Å². The summed E-state index contributed by atoms with van der Waals surface area (Å²) in [6.07, 6.45) is 0. The first-order valence-electron chi connectivity index (χ1n) is 11.6. The number of nitrogens with zero attached hydrogens (tertiary/aromatic N) is 2. The van der Waals surface area contributed by atoms with E-state index in [0.717, 1.165) is 35.0 Å². The minimum Gasteiger partial charge on any atom is -0.507 e. The molecule has 0 bridgehead atoms. The Morgan fingerprint density at radius 1 is 0.833 bits per heavy atom. The number of para-hydroxylation sites is 1. The third kappa shape index (κ3) is 8.17. The number of aromatic hydroxyl groups is 1. The largest absolute Gasteiger partial charge is 0.507 e. The average Bonchev–Trinajstić information content (AvgIpc) is 2.83. The number of anilines is 3. The van der Waals surface area contributed by atoms with E-state index in [1.807, 2.05) is 32.0 Å². The molecule has 0 saturated heterocycles. The van der Waals surface area contributed by atoms with E-state index in [1.54, 1.807) is 6.07 Å². The molecule has 0 fully saturated rings. The van der Waals surface area contributed by atoms with E-state index >= 15 is 0 Å². The van der Waals surface area contributed by atoms with Crippen LogP contribution < -0.4 is 10.6 Å². The average molecular weight is 631 g/mol. The van der Waals surface area contributed by atoms with Crippen LogP contribution in [-0.2, 0) is 25.0 Å². The van der Waals surface area contributed by atoms with Gasteiger partial charge in [0, 0.05) is 83.5 Å². The molecule has 5 N–H and O–H groups in total. The number of carbonyl (C=O) groups excluding carboxylic acids is 1. The number of nitrogens with one attached hydrogen (secondary N) is 2. The van der Waals surface area contributed by atoms with Crippen LogP contribution in [0.5, 0.6) is 5.75 Å². The van der Waals surface area contributed by atoms with Gasteiger partial charge in [-0.2, -0.15) is 16.8 Å². The maximum atomic E-state index is 12.0. The van der Waals surface area contributed by atoms with Crippen LogP contribution in [0.15, 0.2) is 80.7 Å². The number of fused-ring (bicyclic) bond motifs is 1. The topological polar surface area (TPSA) is 195 Å². The fourth-order valence-corrected chi connectivity index (χ4v) is 5.24. The molecule has 1 amide bonds. The number of amides is 1. The van der Waals surface area contributed by atoms with Crippen LogP contribution in [0.1, 0.15) is 18.1 Å². The van der Waals surface area contributed by atoms with E-state index in [9.17, 15) is 35.8 Å². The number of rotatable bonds is 7. The van der Waals surface area contributed by atoms with Gasteiger partial charge in [-0.15, -0.1) is 10.2 Å². The van der Waals surface area contributed by atoms with E-state index in [-0.39, 0.29) is 86.9 Å². The molecule has 0 aliphatic heterocycles. The normalized spacial score (nSPS) is 11.5. The SMILES string of the molecule is CC(=O)Nc1ccc(S(=O)(=O)O)c(N=Nc2c(Nc3c(C)cccc3C)ccc3cc(S(=O)(=O)O)cc(O)c23)c1.[Na].[Na]. The Balaban J connectivity index is 0.00000308. The van der Waals surface area contributed by atoms with Gasteiger partial charge in [-0.3, -0.25) is 13.9 Å². The zero-order chi connectivity index (χ0) is 29.4. The zero-order valence-electron chi connectivity index (χ0n) is 23.4. The Kier molecular flexibility index (Phi) is 11.9. The Morgan fingerprint density at radius 3 is 2.05 bits per heavy atom. The second-order valence-electron chi connectivity index (χ2n) is 8.91. The van der Waals surface area contributed by atoms with Crippen molar-refractivity contribution in [3.63, 3.8) is 0 Å².